The first kappa shape index (κ1) is 18.9. The third-order valence-electron chi connectivity index (χ3n) is 4.72. The molecule has 2 heterocycles. The molecule has 2 aliphatic heterocycles. The van der Waals surface area contributed by atoms with Crippen molar-refractivity contribution < 1.29 is 28.7 Å². The van der Waals surface area contributed by atoms with Crippen LogP contribution >= 0.6 is 0 Å². The van der Waals surface area contributed by atoms with Gasteiger partial charge >= 0.3 is 0 Å². The highest BCUT2D eigenvalue weighted by Gasteiger charge is 2.27. The van der Waals surface area contributed by atoms with Crippen LogP contribution in [0.25, 0.3) is 0 Å². The van der Waals surface area contributed by atoms with E-state index in [-0.39, 0.29) is 17.0 Å². The highest BCUT2D eigenvalue weighted by Crippen LogP contribution is 2.37. The number of rotatable bonds is 4. The highest BCUT2D eigenvalue weighted by molar-refractivity contribution is 5.99. The van der Waals surface area contributed by atoms with E-state index in [1.807, 2.05) is 12.1 Å². The summed E-state index contributed by atoms with van der Waals surface area (Å²) in [7, 11) is 0. The number of benzene rings is 2. The van der Waals surface area contributed by atoms with Gasteiger partial charge in [0.15, 0.2) is 23.0 Å². The average Bonchev–Trinajstić information content (AvgIpc) is 2.97. The molecule has 2 aromatic rings. The number of carbonyl (C=O) groups is 1. The second kappa shape index (κ2) is 7.86. The van der Waals surface area contributed by atoms with Gasteiger partial charge in [-0.2, -0.15) is 0 Å². The summed E-state index contributed by atoms with van der Waals surface area (Å²) in [4.78, 5) is 23.7. The molecule has 1 unspecified atom stereocenters. The molecule has 9 heteroatoms. The van der Waals surface area contributed by atoms with Gasteiger partial charge in [0.2, 0.25) is 0 Å². The summed E-state index contributed by atoms with van der Waals surface area (Å²) in [5.74, 6) is 1.28. The Labute approximate surface area is 166 Å². The fourth-order valence-electron chi connectivity index (χ4n) is 3.22. The van der Waals surface area contributed by atoms with Crippen LogP contribution in [-0.4, -0.2) is 37.3 Å². The van der Waals surface area contributed by atoms with Gasteiger partial charge in [0, 0.05) is 12.5 Å². The number of nitro groups is 1. The van der Waals surface area contributed by atoms with E-state index in [2.05, 4.69) is 5.32 Å². The summed E-state index contributed by atoms with van der Waals surface area (Å²) in [5, 5.41) is 14.3. The maximum absolute atomic E-state index is 12.8. The lowest BCUT2D eigenvalue weighted by Crippen LogP contribution is -2.27. The predicted octanol–water partition coefficient (Wildman–Crippen LogP) is 3.02. The Balaban J connectivity index is 1.57. The normalized spacial score (nSPS) is 15.8. The van der Waals surface area contributed by atoms with Gasteiger partial charge in [-0.15, -0.1) is 0 Å². The van der Waals surface area contributed by atoms with Crippen molar-refractivity contribution >= 4 is 11.6 Å². The molecule has 29 heavy (non-hydrogen) atoms. The van der Waals surface area contributed by atoms with Crippen LogP contribution in [0.1, 0.15) is 35.3 Å². The van der Waals surface area contributed by atoms with E-state index < -0.39 is 16.9 Å². The van der Waals surface area contributed by atoms with Gasteiger partial charge in [-0.3, -0.25) is 14.9 Å². The van der Waals surface area contributed by atoms with Crippen molar-refractivity contribution in [3.05, 3.63) is 51.6 Å². The molecule has 152 valence electrons. The molecule has 0 bridgehead atoms. The minimum absolute atomic E-state index is 0.0829. The fraction of sp³-hybridized carbons (Fsp3) is 0.350. The largest absolute Gasteiger partial charge is 0.490 e. The Hall–Kier alpha value is -3.49. The zero-order valence-corrected chi connectivity index (χ0v) is 15.8. The second-order valence-electron chi connectivity index (χ2n) is 6.72. The molecule has 0 saturated heterocycles. The lowest BCUT2D eigenvalue weighted by Gasteiger charge is -2.20. The van der Waals surface area contributed by atoms with Crippen LogP contribution in [0.4, 0.5) is 5.69 Å². The maximum atomic E-state index is 12.8. The number of ether oxygens (including phenoxy) is 4. The van der Waals surface area contributed by atoms with E-state index in [4.69, 9.17) is 18.9 Å². The second-order valence-corrected chi connectivity index (χ2v) is 6.72. The van der Waals surface area contributed by atoms with Crippen LogP contribution in [0.15, 0.2) is 30.3 Å². The minimum atomic E-state index is -0.606. The standard InChI is InChI=1S/C20H20N2O7/c1-12(13-3-4-16-17(9-13)27-6-2-5-26-16)21-20(23)14-10-18-19(29-8-7-28-18)11-15(14)22(24)25/h3-4,9-12H,2,5-8H2,1H3,(H,21,23). The number of carbonyl (C=O) groups excluding carboxylic acids is 1. The number of hydrogen-bond donors (Lipinski definition) is 1. The van der Waals surface area contributed by atoms with Crippen LogP contribution in [-0.2, 0) is 0 Å². The van der Waals surface area contributed by atoms with Gasteiger partial charge in [0.05, 0.1) is 30.2 Å². The number of hydrogen-bond acceptors (Lipinski definition) is 7. The Morgan fingerprint density at radius 2 is 1.59 bits per heavy atom. The number of amides is 1. The van der Waals surface area contributed by atoms with Gasteiger partial charge in [0.1, 0.15) is 18.8 Å². The van der Waals surface area contributed by atoms with Crippen molar-refractivity contribution in [2.45, 2.75) is 19.4 Å². The highest BCUT2D eigenvalue weighted by atomic mass is 16.6. The topological polar surface area (TPSA) is 109 Å². The van der Waals surface area contributed by atoms with Crippen molar-refractivity contribution in [1.82, 2.24) is 5.32 Å². The number of fused-ring (bicyclic) bond motifs is 2. The van der Waals surface area contributed by atoms with Crippen LogP contribution < -0.4 is 24.3 Å². The molecule has 1 N–H and O–H groups in total. The van der Waals surface area contributed by atoms with E-state index in [9.17, 15) is 14.9 Å². The summed E-state index contributed by atoms with van der Waals surface area (Å²) in [6.45, 7) is 3.56. The molecule has 1 amide bonds. The average molecular weight is 400 g/mol. The van der Waals surface area contributed by atoms with Crippen LogP contribution in [0.2, 0.25) is 0 Å². The summed E-state index contributed by atoms with van der Waals surface area (Å²) in [6.07, 6.45) is 0.796. The predicted molar refractivity (Wildman–Crippen MR) is 102 cm³/mol. The van der Waals surface area contributed by atoms with Crippen LogP contribution in [0, 0.1) is 10.1 Å². The number of nitrogens with one attached hydrogen (secondary N) is 1. The van der Waals surface area contributed by atoms with Gasteiger partial charge in [0.25, 0.3) is 11.6 Å². The molecule has 0 radical (unpaired) electrons. The number of nitrogens with zero attached hydrogens (tertiary/aromatic N) is 1. The van der Waals surface area contributed by atoms with Gasteiger partial charge in [-0.05, 0) is 24.6 Å². The summed E-state index contributed by atoms with van der Waals surface area (Å²) in [6, 6.07) is 7.60. The Morgan fingerprint density at radius 3 is 2.31 bits per heavy atom. The number of nitro benzene ring substituents is 1. The third-order valence-corrected chi connectivity index (χ3v) is 4.72. The summed E-state index contributed by atoms with van der Waals surface area (Å²) in [5.41, 5.74) is 0.376. The molecule has 2 aromatic carbocycles. The first-order chi connectivity index (χ1) is 14.0. The minimum Gasteiger partial charge on any atom is -0.490 e. The molecule has 0 saturated carbocycles. The monoisotopic (exact) mass is 400 g/mol. The molecule has 0 spiro atoms. The fourth-order valence-corrected chi connectivity index (χ4v) is 3.22. The molecule has 9 nitrogen and oxygen atoms in total. The van der Waals surface area contributed by atoms with Gasteiger partial charge < -0.3 is 24.3 Å². The van der Waals surface area contributed by atoms with Crippen molar-refractivity contribution in [1.29, 1.82) is 0 Å². The Bertz CT molecular complexity index is 960. The first-order valence-electron chi connectivity index (χ1n) is 9.31. The zero-order chi connectivity index (χ0) is 20.4. The van der Waals surface area contributed by atoms with Crippen LogP contribution in [0.3, 0.4) is 0 Å². The smallest absolute Gasteiger partial charge is 0.286 e. The van der Waals surface area contributed by atoms with E-state index in [1.54, 1.807) is 13.0 Å². The van der Waals surface area contributed by atoms with E-state index in [1.165, 1.54) is 12.1 Å². The molecule has 0 fully saturated rings. The lowest BCUT2D eigenvalue weighted by molar-refractivity contribution is -0.385. The molecule has 1 atom stereocenters. The molecule has 0 aromatic heterocycles. The molecular formula is C20H20N2O7. The van der Waals surface area contributed by atoms with Crippen LogP contribution in [0.5, 0.6) is 23.0 Å². The van der Waals surface area contributed by atoms with Crippen molar-refractivity contribution in [2.24, 2.45) is 0 Å². The van der Waals surface area contributed by atoms with Crippen molar-refractivity contribution in [3.8, 4) is 23.0 Å². The van der Waals surface area contributed by atoms with E-state index in [0.29, 0.717) is 43.7 Å². The lowest BCUT2D eigenvalue weighted by atomic mass is 10.1. The Kier molecular flexibility index (Phi) is 5.11. The zero-order valence-electron chi connectivity index (χ0n) is 15.8. The maximum Gasteiger partial charge on any atom is 0.286 e. The molecule has 2 aliphatic rings. The molecule has 0 aliphatic carbocycles. The van der Waals surface area contributed by atoms with E-state index >= 15 is 0 Å². The third kappa shape index (κ3) is 3.89. The quantitative estimate of drug-likeness (QED) is 0.621. The SMILES string of the molecule is CC(NC(=O)c1cc2c(cc1[N+](=O)[O-])OCCO2)c1ccc2c(c1)OCCCO2. The molecule has 4 rings (SSSR count). The van der Waals surface area contributed by atoms with E-state index in [0.717, 1.165) is 12.0 Å². The first-order valence-corrected chi connectivity index (χ1v) is 9.31. The van der Waals surface area contributed by atoms with Gasteiger partial charge in [-0.1, -0.05) is 6.07 Å². The van der Waals surface area contributed by atoms with Crippen molar-refractivity contribution in [3.63, 3.8) is 0 Å². The van der Waals surface area contributed by atoms with Crippen molar-refractivity contribution in [2.75, 3.05) is 26.4 Å². The summed E-state index contributed by atoms with van der Waals surface area (Å²) < 4.78 is 22.1. The van der Waals surface area contributed by atoms with Gasteiger partial charge in [-0.25, -0.2) is 0 Å². The Morgan fingerprint density at radius 1 is 0.966 bits per heavy atom. The molecular weight excluding hydrogens is 380 g/mol. The summed E-state index contributed by atoms with van der Waals surface area (Å²) >= 11 is 0.